The molecular weight excluding hydrogens is 471 g/mol. The second kappa shape index (κ2) is 10.4. The number of piperidine rings is 1. The lowest BCUT2D eigenvalue weighted by atomic mass is 9.88. The highest BCUT2D eigenvalue weighted by Crippen LogP contribution is 2.35. The van der Waals surface area contributed by atoms with E-state index >= 15 is 0 Å². The van der Waals surface area contributed by atoms with Crippen molar-refractivity contribution >= 4 is 23.5 Å². The van der Waals surface area contributed by atoms with Gasteiger partial charge in [0.05, 0.1) is 23.8 Å². The molecule has 2 atom stereocenters. The van der Waals surface area contributed by atoms with Gasteiger partial charge in [-0.2, -0.15) is 13.2 Å². The highest BCUT2D eigenvalue weighted by Gasteiger charge is 2.46. The summed E-state index contributed by atoms with van der Waals surface area (Å²) in [4.78, 5) is 26.1. The number of amides is 1. The zero-order valence-electron chi connectivity index (χ0n) is 19.1. The van der Waals surface area contributed by atoms with E-state index in [0.29, 0.717) is 11.9 Å². The van der Waals surface area contributed by atoms with E-state index in [0.717, 1.165) is 17.0 Å². The van der Waals surface area contributed by atoms with E-state index in [4.69, 9.17) is 5.73 Å². The van der Waals surface area contributed by atoms with Crippen molar-refractivity contribution in [2.45, 2.75) is 31.5 Å². The van der Waals surface area contributed by atoms with Gasteiger partial charge in [-0.15, -0.1) is 0 Å². The van der Waals surface area contributed by atoms with Gasteiger partial charge in [0, 0.05) is 44.2 Å². The topological polar surface area (TPSA) is 96.5 Å². The van der Waals surface area contributed by atoms with Gasteiger partial charge in [-0.05, 0) is 30.2 Å². The van der Waals surface area contributed by atoms with Crippen molar-refractivity contribution in [3.63, 3.8) is 0 Å². The van der Waals surface area contributed by atoms with Crippen molar-refractivity contribution in [2.75, 3.05) is 25.5 Å². The van der Waals surface area contributed by atoms with E-state index < -0.39 is 48.5 Å². The number of allylic oxidation sites excluding steroid dienone is 1. The molecule has 2 aromatic rings. The Balaban J connectivity index is 1.88. The minimum atomic E-state index is -4.53. The summed E-state index contributed by atoms with van der Waals surface area (Å²) in [7, 11) is 1.47. The molecule has 1 aliphatic rings. The highest BCUT2D eigenvalue weighted by molar-refractivity contribution is 6.17. The second-order valence-corrected chi connectivity index (χ2v) is 8.28. The fourth-order valence-corrected chi connectivity index (χ4v) is 3.95. The van der Waals surface area contributed by atoms with Crippen molar-refractivity contribution in [3.8, 4) is 0 Å². The fraction of sp³-hybridized carbons (Fsp3) is 0.391. The Hall–Kier alpha value is -3.57. The largest absolute Gasteiger partial charge is 0.417 e. The number of nitrogens with zero attached hydrogens (tertiary/aromatic N) is 4. The van der Waals surface area contributed by atoms with E-state index in [2.05, 4.69) is 20.3 Å². The Kier molecular flexibility index (Phi) is 7.71. The van der Waals surface area contributed by atoms with Gasteiger partial charge in [0.15, 0.2) is 0 Å². The van der Waals surface area contributed by atoms with Gasteiger partial charge < -0.3 is 16.0 Å². The van der Waals surface area contributed by atoms with E-state index in [1.54, 1.807) is 25.1 Å². The predicted octanol–water partition coefficient (Wildman–Crippen LogP) is 3.85. The lowest BCUT2D eigenvalue weighted by Crippen LogP contribution is -2.58. The number of carbonyl (C=O) groups is 1. The number of nitrogens with two attached hydrogens (primary N) is 1. The minimum Gasteiger partial charge on any atom is -0.394 e. The van der Waals surface area contributed by atoms with E-state index in [-0.39, 0.29) is 23.6 Å². The molecule has 7 nitrogen and oxygen atoms in total. The standard InChI is InChI=1S/C23H25F5N6O/c1-14-9-22(24,25)13-34(18(14)12-33-19-7-6-15(10-32-19)23(26,27)28)21(35)20(29)16(11-30-2)17-5-3-4-8-31-17/h3-8,10-11,14,18H,9,12-13,29H2,1-2H3,(H,32,33)/t14-,18?/m1/s1. The summed E-state index contributed by atoms with van der Waals surface area (Å²) < 4.78 is 67.2. The van der Waals surface area contributed by atoms with Crippen LogP contribution in [0.4, 0.5) is 27.8 Å². The molecule has 12 heteroatoms. The zero-order chi connectivity index (χ0) is 25.8. The smallest absolute Gasteiger partial charge is 0.394 e. The molecule has 0 saturated carbocycles. The third kappa shape index (κ3) is 6.31. The summed E-state index contributed by atoms with van der Waals surface area (Å²) in [5, 5.41) is 2.85. The van der Waals surface area contributed by atoms with Crippen LogP contribution in [0, 0.1) is 5.92 Å². The van der Waals surface area contributed by atoms with Crippen LogP contribution in [0.15, 0.2) is 53.4 Å². The molecule has 1 fully saturated rings. The lowest BCUT2D eigenvalue weighted by Gasteiger charge is -2.43. The molecule has 3 rings (SSSR count). The summed E-state index contributed by atoms with van der Waals surface area (Å²) in [6.07, 6.45) is -1.49. The van der Waals surface area contributed by atoms with Crippen LogP contribution < -0.4 is 11.1 Å². The van der Waals surface area contributed by atoms with E-state index in [1.807, 2.05) is 0 Å². The van der Waals surface area contributed by atoms with Gasteiger partial charge in [0.1, 0.15) is 11.5 Å². The molecule has 0 bridgehead atoms. The van der Waals surface area contributed by atoms with Crippen LogP contribution >= 0.6 is 0 Å². The zero-order valence-corrected chi connectivity index (χ0v) is 19.1. The Morgan fingerprint density at radius 1 is 1.29 bits per heavy atom. The van der Waals surface area contributed by atoms with Crippen molar-refractivity contribution < 1.29 is 26.7 Å². The molecule has 0 aromatic carbocycles. The Morgan fingerprint density at radius 2 is 2.03 bits per heavy atom. The number of likely N-dealkylation sites (tertiary alicyclic amines) is 1. The molecular formula is C23H25F5N6O. The Labute approximate surface area is 199 Å². The molecule has 0 spiro atoms. The van der Waals surface area contributed by atoms with E-state index in [1.165, 1.54) is 19.5 Å². The SMILES string of the molecule is CN=CC(=C(N)C(=O)N1CC(F)(F)C[C@@H](C)C1CNc1ccc(C(F)(F)F)cn1)c1ccccn1. The molecule has 188 valence electrons. The van der Waals surface area contributed by atoms with Gasteiger partial charge in [0.25, 0.3) is 11.8 Å². The highest BCUT2D eigenvalue weighted by atomic mass is 19.4. The first-order valence-electron chi connectivity index (χ1n) is 10.7. The Morgan fingerprint density at radius 3 is 2.60 bits per heavy atom. The third-order valence-electron chi connectivity index (χ3n) is 5.64. The molecule has 0 aliphatic carbocycles. The van der Waals surface area contributed by atoms with Gasteiger partial charge in [-0.25, -0.2) is 13.8 Å². The first-order chi connectivity index (χ1) is 16.4. The number of anilines is 1. The molecule has 3 N–H and O–H groups in total. The first-order valence-corrected chi connectivity index (χ1v) is 10.7. The average molecular weight is 496 g/mol. The number of carbonyl (C=O) groups excluding carboxylic acids is 1. The molecule has 1 saturated heterocycles. The van der Waals surface area contributed by atoms with Gasteiger partial charge in [0.2, 0.25) is 0 Å². The van der Waals surface area contributed by atoms with Crippen molar-refractivity contribution in [1.29, 1.82) is 0 Å². The Bertz CT molecular complexity index is 1090. The molecule has 1 amide bonds. The predicted molar refractivity (Wildman–Crippen MR) is 122 cm³/mol. The second-order valence-electron chi connectivity index (χ2n) is 8.28. The van der Waals surface area contributed by atoms with Crippen molar-refractivity contribution in [1.82, 2.24) is 14.9 Å². The number of hydrogen-bond donors (Lipinski definition) is 2. The van der Waals surface area contributed by atoms with Crippen LogP contribution in [0.25, 0.3) is 5.57 Å². The van der Waals surface area contributed by atoms with Gasteiger partial charge in [-0.1, -0.05) is 13.0 Å². The maximum absolute atomic E-state index is 14.5. The lowest BCUT2D eigenvalue weighted by molar-refractivity contribution is -0.148. The third-order valence-corrected chi connectivity index (χ3v) is 5.64. The van der Waals surface area contributed by atoms with Crippen LogP contribution in [0.5, 0.6) is 0 Å². The normalized spacial score (nSPS) is 21.1. The number of rotatable bonds is 6. The van der Waals surface area contributed by atoms with Crippen LogP contribution in [0.1, 0.15) is 24.6 Å². The van der Waals surface area contributed by atoms with Crippen LogP contribution in [-0.4, -0.2) is 59.1 Å². The average Bonchev–Trinajstić information content (AvgIpc) is 2.80. The van der Waals surface area contributed by atoms with E-state index in [9.17, 15) is 26.7 Å². The fourth-order valence-electron chi connectivity index (χ4n) is 3.95. The van der Waals surface area contributed by atoms with Gasteiger partial charge >= 0.3 is 6.18 Å². The maximum atomic E-state index is 14.5. The van der Waals surface area contributed by atoms with Crippen molar-refractivity contribution in [3.05, 3.63) is 59.7 Å². The number of hydrogen-bond acceptors (Lipinski definition) is 6. The summed E-state index contributed by atoms with van der Waals surface area (Å²) >= 11 is 0. The molecule has 35 heavy (non-hydrogen) atoms. The monoisotopic (exact) mass is 496 g/mol. The summed E-state index contributed by atoms with van der Waals surface area (Å²) in [5.41, 5.74) is 5.48. The number of aromatic nitrogens is 2. The summed E-state index contributed by atoms with van der Waals surface area (Å²) in [5.74, 6) is -4.48. The summed E-state index contributed by atoms with van der Waals surface area (Å²) in [6.45, 7) is 0.699. The molecule has 1 unspecified atom stereocenters. The number of pyridine rings is 2. The summed E-state index contributed by atoms with van der Waals surface area (Å²) in [6, 6.07) is 6.24. The van der Waals surface area contributed by atoms with Crippen LogP contribution in [-0.2, 0) is 11.0 Å². The number of halogens is 5. The maximum Gasteiger partial charge on any atom is 0.417 e. The van der Waals surface area contributed by atoms with Crippen LogP contribution in [0.3, 0.4) is 0 Å². The quantitative estimate of drug-likeness (QED) is 0.360. The first kappa shape index (κ1) is 26.0. The van der Waals surface area contributed by atoms with Crippen molar-refractivity contribution in [2.24, 2.45) is 16.6 Å². The van der Waals surface area contributed by atoms with Crippen LogP contribution in [0.2, 0.25) is 0 Å². The molecule has 0 radical (unpaired) electrons. The number of alkyl halides is 5. The molecule has 3 heterocycles. The number of nitrogens with one attached hydrogen (secondary N) is 1. The number of aliphatic imine (C=N–C) groups is 1. The van der Waals surface area contributed by atoms with Gasteiger partial charge in [-0.3, -0.25) is 14.8 Å². The minimum absolute atomic E-state index is 0.0184. The molecule has 1 aliphatic heterocycles. The molecule has 2 aromatic heterocycles.